The number of hydrogen-bond donors (Lipinski definition) is 0. The minimum Gasteiger partial charge on any atom is -0.310 e. The van der Waals surface area contributed by atoms with E-state index in [1.165, 1.54) is 70.9 Å². The number of nitrogens with zero attached hydrogens (tertiary/aromatic N) is 2. The first kappa shape index (κ1) is 37.3. The molecule has 12 rings (SSSR count). The number of para-hydroxylation sites is 3. The maximum Gasteiger partial charge on any atom is 0.0561 e. The summed E-state index contributed by atoms with van der Waals surface area (Å²) in [5, 5.41) is 9.98. The molecule has 0 radical (unpaired) electrons. The number of hydrogen-bond acceptors (Lipinski definition) is 1. The summed E-state index contributed by atoms with van der Waals surface area (Å²) in [7, 11) is 0. The molecular weight excluding hydrogens is 773 g/mol. The third-order valence-electron chi connectivity index (χ3n) is 12.7. The summed E-state index contributed by atoms with van der Waals surface area (Å²) < 4.78 is 2.41. The van der Waals surface area contributed by atoms with Crippen molar-refractivity contribution in [2.45, 2.75) is 0 Å². The van der Waals surface area contributed by atoms with Crippen LogP contribution in [-0.4, -0.2) is 4.57 Å². The van der Waals surface area contributed by atoms with Crippen LogP contribution < -0.4 is 4.90 Å². The van der Waals surface area contributed by atoms with Crippen molar-refractivity contribution in [1.29, 1.82) is 0 Å². The fraction of sp³-hybridized carbons (Fsp3) is 0. The quantitative estimate of drug-likeness (QED) is 0.110. The lowest BCUT2D eigenvalue weighted by molar-refractivity contribution is 1.18. The predicted molar refractivity (Wildman–Crippen MR) is 274 cm³/mol. The maximum absolute atomic E-state index is 2.41. The van der Waals surface area contributed by atoms with Gasteiger partial charge in [0, 0.05) is 33.5 Å². The molecule has 0 atom stereocenters. The summed E-state index contributed by atoms with van der Waals surface area (Å²) in [5.41, 5.74) is 14.1. The van der Waals surface area contributed by atoms with Crippen molar-refractivity contribution in [3.8, 4) is 27.9 Å². The topological polar surface area (TPSA) is 8.17 Å². The van der Waals surface area contributed by atoms with Crippen molar-refractivity contribution in [3.05, 3.63) is 254 Å². The Hall–Kier alpha value is -8.46. The first-order valence-corrected chi connectivity index (χ1v) is 22.0. The average molecular weight is 815 g/mol. The van der Waals surface area contributed by atoms with Crippen molar-refractivity contribution in [2.75, 3.05) is 4.90 Å². The lowest BCUT2D eigenvalue weighted by Crippen LogP contribution is -2.09. The Bertz CT molecular complexity index is 3660. The van der Waals surface area contributed by atoms with Crippen molar-refractivity contribution in [2.24, 2.45) is 0 Å². The summed E-state index contributed by atoms with van der Waals surface area (Å²) in [6.07, 6.45) is 4.48. The minimum absolute atomic E-state index is 1.11. The molecule has 0 fully saturated rings. The highest BCUT2D eigenvalue weighted by atomic mass is 15.1. The molecule has 0 bridgehead atoms. The predicted octanol–water partition coefficient (Wildman–Crippen LogP) is 17.2. The van der Waals surface area contributed by atoms with Gasteiger partial charge in [-0.25, -0.2) is 0 Å². The van der Waals surface area contributed by atoms with E-state index in [2.05, 4.69) is 264 Å². The van der Waals surface area contributed by atoms with E-state index >= 15 is 0 Å². The molecule has 0 N–H and O–H groups in total. The monoisotopic (exact) mass is 814 g/mol. The van der Waals surface area contributed by atoms with E-state index in [0.717, 1.165) is 39.4 Å². The summed E-state index contributed by atoms with van der Waals surface area (Å²) in [6, 6.07) is 88.0. The highest BCUT2D eigenvalue weighted by molar-refractivity contribution is 6.22. The molecule has 0 aliphatic carbocycles. The average Bonchev–Trinajstić information content (AvgIpc) is 3.69. The molecule has 1 heterocycles. The van der Waals surface area contributed by atoms with Gasteiger partial charge in [0.2, 0.25) is 0 Å². The van der Waals surface area contributed by atoms with Gasteiger partial charge in [0.15, 0.2) is 0 Å². The molecule has 0 saturated carbocycles. The number of benzene rings is 11. The first-order valence-electron chi connectivity index (χ1n) is 22.0. The van der Waals surface area contributed by atoms with Crippen molar-refractivity contribution >= 4 is 83.3 Å². The Morgan fingerprint density at radius 3 is 1.41 bits per heavy atom. The summed E-state index contributed by atoms with van der Waals surface area (Å²) in [4.78, 5) is 2.33. The van der Waals surface area contributed by atoms with E-state index in [1.54, 1.807) is 0 Å². The van der Waals surface area contributed by atoms with Gasteiger partial charge in [0.1, 0.15) is 0 Å². The molecule has 0 aliphatic heterocycles. The van der Waals surface area contributed by atoms with E-state index < -0.39 is 0 Å². The van der Waals surface area contributed by atoms with Gasteiger partial charge in [-0.15, -0.1) is 0 Å². The molecule has 2 heteroatoms. The van der Waals surface area contributed by atoms with Gasteiger partial charge in [0.25, 0.3) is 0 Å². The number of rotatable bonds is 8. The lowest BCUT2D eigenvalue weighted by atomic mass is 9.84. The van der Waals surface area contributed by atoms with Gasteiger partial charge in [-0.05, 0) is 132 Å². The van der Waals surface area contributed by atoms with Crippen LogP contribution >= 0.6 is 0 Å². The van der Waals surface area contributed by atoms with Crippen LogP contribution in [-0.2, 0) is 0 Å². The van der Waals surface area contributed by atoms with Gasteiger partial charge in [-0.1, -0.05) is 188 Å². The van der Waals surface area contributed by atoms with Crippen LogP contribution in [0.3, 0.4) is 0 Å². The molecule has 11 aromatic carbocycles. The van der Waals surface area contributed by atoms with Crippen LogP contribution in [0.4, 0.5) is 17.1 Å². The zero-order chi connectivity index (χ0) is 42.4. The van der Waals surface area contributed by atoms with E-state index in [4.69, 9.17) is 0 Å². The van der Waals surface area contributed by atoms with E-state index in [9.17, 15) is 0 Å². The fourth-order valence-corrected chi connectivity index (χ4v) is 9.78. The molecule has 1 aromatic heterocycles. The minimum atomic E-state index is 1.11. The summed E-state index contributed by atoms with van der Waals surface area (Å²) in [5.74, 6) is 0. The summed E-state index contributed by atoms with van der Waals surface area (Å²) in [6.45, 7) is 0. The van der Waals surface area contributed by atoms with Crippen LogP contribution in [0.1, 0.15) is 11.1 Å². The van der Waals surface area contributed by atoms with Gasteiger partial charge in [-0.2, -0.15) is 0 Å². The Balaban J connectivity index is 0.933. The van der Waals surface area contributed by atoms with Crippen LogP contribution in [0, 0.1) is 0 Å². The molecule has 0 amide bonds. The van der Waals surface area contributed by atoms with E-state index in [1.807, 2.05) is 0 Å². The normalized spacial score (nSPS) is 11.7. The van der Waals surface area contributed by atoms with Crippen LogP contribution in [0.5, 0.6) is 0 Å². The number of aromatic nitrogens is 1. The zero-order valence-electron chi connectivity index (χ0n) is 35.1. The Morgan fingerprint density at radius 1 is 0.297 bits per heavy atom. The number of fused-ring (bicyclic) bond motifs is 7. The van der Waals surface area contributed by atoms with Gasteiger partial charge in [-0.3, -0.25) is 0 Å². The highest BCUT2D eigenvalue weighted by Gasteiger charge is 2.19. The van der Waals surface area contributed by atoms with E-state index in [-0.39, 0.29) is 0 Å². The van der Waals surface area contributed by atoms with Crippen LogP contribution in [0.25, 0.3) is 94.2 Å². The first-order chi connectivity index (χ1) is 31.7. The van der Waals surface area contributed by atoms with Gasteiger partial charge in [0.05, 0.1) is 11.0 Å². The van der Waals surface area contributed by atoms with Gasteiger partial charge >= 0.3 is 0 Å². The molecular formula is C62H42N2. The standard InChI is InChI=1S/C62H42N2/c1-5-17-45(18-6-1)61-57-27-15-13-25-53(57)54-26-14-16-28-58(54)62(61)48-35-34-46-39-43(31-33-47(46)41-48)29-30-44-32-37-55-56-38-36-52(42-60(56)64(59(55)40-44)51-23-11-4-12-24-51)63(49-19-7-2-8-20-49)50-21-9-3-10-22-50/h1-42H/b30-29+. The maximum atomic E-state index is 2.41. The zero-order valence-corrected chi connectivity index (χ0v) is 35.1. The van der Waals surface area contributed by atoms with Crippen LogP contribution in [0.2, 0.25) is 0 Å². The SMILES string of the molecule is C(=C\c1ccc2c3ccc(N(c4ccccc4)c4ccccc4)cc3n(-c3ccccc3)c2c1)/c1ccc2cc(-c3c(-c4ccccc4)c4ccccc4c4ccccc34)ccc2c1. The Labute approximate surface area is 372 Å². The molecule has 0 unspecified atom stereocenters. The highest BCUT2D eigenvalue weighted by Crippen LogP contribution is 2.45. The largest absolute Gasteiger partial charge is 0.310 e. The van der Waals surface area contributed by atoms with E-state index in [0.29, 0.717) is 0 Å². The second-order valence-electron chi connectivity index (χ2n) is 16.5. The smallest absolute Gasteiger partial charge is 0.0561 e. The Kier molecular flexibility index (Phi) is 9.20. The molecule has 64 heavy (non-hydrogen) atoms. The third kappa shape index (κ3) is 6.52. The molecule has 0 aliphatic rings. The second kappa shape index (κ2) is 15.8. The number of anilines is 3. The van der Waals surface area contributed by atoms with Crippen molar-refractivity contribution < 1.29 is 0 Å². The molecule has 12 aromatic rings. The fourth-order valence-electron chi connectivity index (χ4n) is 9.78. The third-order valence-corrected chi connectivity index (χ3v) is 12.7. The molecule has 0 spiro atoms. The lowest BCUT2D eigenvalue weighted by Gasteiger charge is -2.25. The van der Waals surface area contributed by atoms with Crippen molar-refractivity contribution in [1.82, 2.24) is 4.57 Å². The van der Waals surface area contributed by atoms with Crippen LogP contribution in [0.15, 0.2) is 243 Å². The second-order valence-corrected chi connectivity index (χ2v) is 16.5. The molecule has 0 saturated heterocycles. The molecule has 2 nitrogen and oxygen atoms in total. The van der Waals surface area contributed by atoms with Crippen molar-refractivity contribution in [3.63, 3.8) is 0 Å². The Morgan fingerprint density at radius 2 is 0.766 bits per heavy atom. The van der Waals surface area contributed by atoms with Gasteiger partial charge < -0.3 is 9.47 Å². The molecule has 300 valence electrons. The summed E-state index contributed by atoms with van der Waals surface area (Å²) >= 11 is 0.